The smallest absolute Gasteiger partial charge is 0.317 e. The Hall–Kier alpha value is -1.26. The summed E-state index contributed by atoms with van der Waals surface area (Å²) in [6, 6.07) is 0.257. The third kappa shape index (κ3) is 3.62. The van der Waals surface area contributed by atoms with Crippen molar-refractivity contribution in [3.05, 3.63) is 0 Å². The van der Waals surface area contributed by atoms with Gasteiger partial charge in [0.2, 0.25) is 0 Å². The van der Waals surface area contributed by atoms with Crippen LogP contribution in [-0.2, 0) is 4.79 Å². The lowest BCUT2D eigenvalue weighted by molar-refractivity contribution is -0.139. The molecule has 1 atom stereocenters. The van der Waals surface area contributed by atoms with Crippen LogP contribution in [0.1, 0.15) is 39.0 Å². The number of urea groups is 1. The number of likely N-dealkylation sites (tertiary alicyclic amines) is 1. The molecule has 2 aliphatic rings. The van der Waals surface area contributed by atoms with Crippen LogP contribution in [0.5, 0.6) is 0 Å². The summed E-state index contributed by atoms with van der Waals surface area (Å²) >= 11 is 0. The van der Waals surface area contributed by atoms with Crippen molar-refractivity contribution in [2.45, 2.75) is 45.1 Å². The summed E-state index contributed by atoms with van der Waals surface area (Å²) < 4.78 is 0. The Balaban J connectivity index is 1.67. The lowest BCUT2D eigenvalue weighted by Crippen LogP contribution is -2.55. The number of carbonyl (C=O) groups is 2. The van der Waals surface area contributed by atoms with E-state index in [0.717, 1.165) is 18.8 Å². The molecule has 0 bridgehead atoms. The van der Waals surface area contributed by atoms with E-state index in [1.54, 1.807) is 4.90 Å². The number of hydrogen-bond acceptors (Lipinski definition) is 2. The SMILES string of the molecule is CCC(CC1CC1)NC(=O)N1CC(CC(=O)O)C1. The summed E-state index contributed by atoms with van der Waals surface area (Å²) in [7, 11) is 0. The fourth-order valence-electron chi connectivity index (χ4n) is 2.46. The van der Waals surface area contributed by atoms with Crippen molar-refractivity contribution in [1.29, 1.82) is 0 Å². The largest absolute Gasteiger partial charge is 0.481 e. The van der Waals surface area contributed by atoms with Gasteiger partial charge in [0.15, 0.2) is 0 Å². The molecule has 1 saturated carbocycles. The molecule has 18 heavy (non-hydrogen) atoms. The number of rotatable bonds is 6. The predicted molar refractivity (Wildman–Crippen MR) is 67.3 cm³/mol. The van der Waals surface area contributed by atoms with Crippen LogP contribution in [0.2, 0.25) is 0 Å². The molecule has 1 unspecified atom stereocenters. The molecule has 102 valence electrons. The van der Waals surface area contributed by atoms with E-state index in [4.69, 9.17) is 5.11 Å². The van der Waals surface area contributed by atoms with Gasteiger partial charge in [0, 0.05) is 25.0 Å². The lowest BCUT2D eigenvalue weighted by atomic mass is 9.97. The minimum Gasteiger partial charge on any atom is -0.481 e. The van der Waals surface area contributed by atoms with Crippen LogP contribution in [-0.4, -0.2) is 41.1 Å². The van der Waals surface area contributed by atoms with Crippen LogP contribution in [0.4, 0.5) is 4.79 Å². The average Bonchev–Trinajstić information content (AvgIpc) is 3.05. The molecule has 1 aliphatic heterocycles. The number of carbonyl (C=O) groups excluding carboxylic acids is 1. The molecule has 2 rings (SSSR count). The Morgan fingerprint density at radius 3 is 2.50 bits per heavy atom. The van der Waals surface area contributed by atoms with Gasteiger partial charge in [0.1, 0.15) is 0 Å². The minimum atomic E-state index is -0.778. The Kier molecular flexibility index (Phi) is 4.09. The monoisotopic (exact) mass is 254 g/mol. The van der Waals surface area contributed by atoms with E-state index in [2.05, 4.69) is 12.2 Å². The summed E-state index contributed by atoms with van der Waals surface area (Å²) in [6.07, 6.45) is 4.83. The third-order valence-corrected chi connectivity index (χ3v) is 3.84. The molecule has 2 amide bonds. The molecule has 2 N–H and O–H groups in total. The van der Waals surface area contributed by atoms with Gasteiger partial charge in [-0.3, -0.25) is 4.79 Å². The van der Waals surface area contributed by atoms with E-state index in [0.29, 0.717) is 13.1 Å². The molecule has 1 aliphatic carbocycles. The number of carboxylic acid groups (broad SMARTS) is 1. The zero-order valence-corrected chi connectivity index (χ0v) is 10.9. The van der Waals surface area contributed by atoms with Crippen LogP contribution in [0, 0.1) is 11.8 Å². The Bertz CT molecular complexity index is 322. The molecule has 0 aromatic carbocycles. The first kappa shape index (κ1) is 13.2. The molecule has 2 fully saturated rings. The number of carboxylic acids is 1. The first-order chi connectivity index (χ1) is 8.58. The standard InChI is InChI=1S/C13H22N2O3/c1-2-11(5-9-3-4-9)14-13(18)15-7-10(8-15)6-12(16)17/h9-11H,2-8H2,1H3,(H,14,18)(H,16,17). The maximum absolute atomic E-state index is 11.9. The predicted octanol–water partition coefficient (Wildman–Crippen LogP) is 1.68. The normalized spacial score (nSPS) is 21.3. The molecule has 0 spiro atoms. The quantitative estimate of drug-likeness (QED) is 0.757. The lowest BCUT2D eigenvalue weighted by Gasteiger charge is -2.39. The summed E-state index contributed by atoms with van der Waals surface area (Å²) in [5.41, 5.74) is 0. The molecule has 5 nitrogen and oxygen atoms in total. The van der Waals surface area contributed by atoms with Gasteiger partial charge in [0.25, 0.3) is 0 Å². The fraction of sp³-hybridized carbons (Fsp3) is 0.846. The zero-order valence-electron chi connectivity index (χ0n) is 10.9. The van der Waals surface area contributed by atoms with Crippen LogP contribution in [0.15, 0.2) is 0 Å². The summed E-state index contributed by atoms with van der Waals surface area (Å²) in [4.78, 5) is 24.1. The summed E-state index contributed by atoms with van der Waals surface area (Å²) in [6.45, 7) is 3.26. The van der Waals surface area contributed by atoms with Gasteiger partial charge in [-0.15, -0.1) is 0 Å². The van der Waals surface area contributed by atoms with Crippen molar-refractivity contribution < 1.29 is 14.7 Å². The maximum Gasteiger partial charge on any atom is 0.317 e. The Morgan fingerprint density at radius 1 is 1.33 bits per heavy atom. The average molecular weight is 254 g/mol. The number of amides is 2. The van der Waals surface area contributed by atoms with Gasteiger partial charge >= 0.3 is 12.0 Å². The minimum absolute atomic E-state index is 0.0239. The highest BCUT2D eigenvalue weighted by Crippen LogP contribution is 2.34. The second kappa shape index (κ2) is 5.59. The van der Waals surface area contributed by atoms with Crippen molar-refractivity contribution in [3.8, 4) is 0 Å². The maximum atomic E-state index is 11.9. The van der Waals surface area contributed by atoms with Gasteiger partial charge in [-0.25, -0.2) is 4.79 Å². The van der Waals surface area contributed by atoms with Gasteiger partial charge in [0.05, 0.1) is 6.42 Å². The highest BCUT2D eigenvalue weighted by Gasteiger charge is 2.33. The molecule has 1 heterocycles. The van der Waals surface area contributed by atoms with E-state index < -0.39 is 5.97 Å². The fourth-order valence-corrected chi connectivity index (χ4v) is 2.46. The molecule has 0 aromatic heterocycles. The summed E-state index contributed by atoms with van der Waals surface area (Å²) in [5, 5.41) is 11.7. The van der Waals surface area contributed by atoms with Crippen LogP contribution < -0.4 is 5.32 Å². The number of hydrogen-bond donors (Lipinski definition) is 2. The van der Waals surface area contributed by atoms with Gasteiger partial charge in [-0.1, -0.05) is 19.8 Å². The van der Waals surface area contributed by atoms with Gasteiger partial charge < -0.3 is 15.3 Å². The second-order valence-corrected chi connectivity index (χ2v) is 5.60. The van der Waals surface area contributed by atoms with Crippen molar-refractivity contribution in [2.75, 3.05) is 13.1 Å². The number of aliphatic carboxylic acids is 1. The zero-order chi connectivity index (χ0) is 13.1. The van der Waals surface area contributed by atoms with Gasteiger partial charge in [-0.05, 0) is 18.8 Å². The third-order valence-electron chi connectivity index (χ3n) is 3.84. The Morgan fingerprint density at radius 2 is 2.00 bits per heavy atom. The summed E-state index contributed by atoms with van der Waals surface area (Å²) in [5.74, 6) is 0.170. The first-order valence-electron chi connectivity index (χ1n) is 6.85. The van der Waals surface area contributed by atoms with E-state index in [9.17, 15) is 9.59 Å². The van der Waals surface area contributed by atoms with Crippen molar-refractivity contribution in [1.82, 2.24) is 10.2 Å². The topological polar surface area (TPSA) is 69.6 Å². The second-order valence-electron chi connectivity index (χ2n) is 5.60. The van der Waals surface area contributed by atoms with Crippen molar-refractivity contribution >= 4 is 12.0 Å². The molecule has 0 aromatic rings. The number of nitrogens with one attached hydrogen (secondary N) is 1. The van der Waals surface area contributed by atoms with Crippen LogP contribution in [0.25, 0.3) is 0 Å². The number of nitrogens with zero attached hydrogens (tertiary/aromatic N) is 1. The van der Waals surface area contributed by atoms with Crippen molar-refractivity contribution in [2.24, 2.45) is 11.8 Å². The van der Waals surface area contributed by atoms with Gasteiger partial charge in [-0.2, -0.15) is 0 Å². The van der Waals surface area contributed by atoms with E-state index in [1.165, 1.54) is 12.8 Å². The van der Waals surface area contributed by atoms with Crippen molar-refractivity contribution in [3.63, 3.8) is 0 Å². The Labute approximate surface area is 108 Å². The molecule has 5 heteroatoms. The molecular weight excluding hydrogens is 232 g/mol. The molecule has 1 saturated heterocycles. The van der Waals surface area contributed by atoms with Crippen LogP contribution >= 0.6 is 0 Å². The highest BCUT2D eigenvalue weighted by atomic mass is 16.4. The molecular formula is C13H22N2O3. The van der Waals surface area contributed by atoms with Crippen LogP contribution in [0.3, 0.4) is 0 Å². The van der Waals surface area contributed by atoms with E-state index in [-0.39, 0.29) is 24.4 Å². The highest BCUT2D eigenvalue weighted by molar-refractivity contribution is 5.76. The van der Waals surface area contributed by atoms with E-state index in [1.807, 2.05) is 0 Å². The first-order valence-corrected chi connectivity index (χ1v) is 6.85. The van der Waals surface area contributed by atoms with E-state index >= 15 is 0 Å². The molecule has 0 radical (unpaired) electrons.